The number of piperidine rings is 1. The van der Waals surface area contributed by atoms with E-state index in [1.807, 2.05) is 0 Å². The summed E-state index contributed by atoms with van der Waals surface area (Å²) < 4.78 is 5.09. The highest BCUT2D eigenvalue weighted by Crippen LogP contribution is 2.28. The molecule has 18 heavy (non-hydrogen) atoms. The quantitative estimate of drug-likeness (QED) is 0.647. The van der Waals surface area contributed by atoms with E-state index >= 15 is 0 Å². The van der Waals surface area contributed by atoms with Crippen molar-refractivity contribution in [3.05, 3.63) is 39.9 Å². The van der Waals surface area contributed by atoms with Crippen LogP contribution in [0.15, 0.2) is 24.3 Å². The van der Waals surface area contributed by atoms with E-state index < -0.39 is 12.1 Å². The fraction of sp³-hybridized carbons (Fsp3) is 0.417. The summed E-state index contributed by atoms with van der Waals surface area (Å²) in [5.41, 5.74) is 0.698. The van der Waals surface area contributed by atoms with Gasteiger partial charge in [0.15, 0.2) is 0 Å². The van der Waals surface area contributed by atoms with E-state index in [4.69, 9.17) is 4.74 Å². The molecule has 1 aliphatic rings. The number of nitrogens with zero attached hydrogens (tertiary/aromatic N) is 1. The van der Waals surface area contributed by atoms with Crippen molar-refractivity contribution < 1.29 is 14.5 Å². The summed E-state index contributed by atoms with van der Waals surface area (Å²) in [7, 11) is 1.53. The molecule has 1 fully saturated rings. The Hall–Kier alpha value is -2.11. The van der Waals surface area contributed by atoms with E-state index in [2.05, 4.69) is 5.32 Å². The summed E-state index contributed by atoms with van der Waals surface area (Å²) in [4.78, 5) is 22.1. The average molecular weight is 250 g/mol. The summed E-state index contributed by atoms with van der Waals surface area (Å²) in [5.74, 6) is 0.468. The number of methoxy groups -OCH3 is 1. The van der Waals surface area contributed by atoms with Gasteiger partial charge >= 0.3 is 0 Å². The van der Waals surface area contributed by atoms with Crippen molar-refractivity contribution in [1.82, 2.24) is 5.32 Å². The smallest absolute Gasteiger partial charge is 0.237 e. The number of nitrogens with one attached hydrogen (secondary N) is 1. The molecule has 2 rings (SSSR count). The van der Waals surface area contributed by atoms with Crippen LogP contribution in [0.4, 0.5) is 0 Å². The van der Waals surface area contributed by atoms with Gasteiger partial charge in [-0.2, -0.15) is 0 Å². The third-order valence-electron chi connectivity index (χ3n) is 3.09. The van der Waals surface area contributed by atoms with E-state index in [9.17, 15) is 14.9 Å². The number of rotatable bonds is 3. The highest BCUT2D eigenvalue weighted by molar-refractivity contribution is 5.77. The molecular formula is C12H14N2O4. The summed E-state index contributed by atoms with van der Waals surface area (Å²) in [6.07, 6.45) is 0.465. The highest BCUT2D eigenvalue weighted by Gasteiger charge is 2.38. The maximum Gasteiger partial charge on any atom is 0.237 e. The van der Waals surface area contributed by atoms with Gasteiger partial charge in [0.25, 0.3) is 0 Å². The molecular weight excluding hydrogens is 236 g/mol. The van der Waals surface area contributed by atoms with Gasteiger partial charge in [-0.15, -0.1) is 0 Å². The van der Waals surface area contributed by atoms with E-state index in [0.717, 1.165) is 0 Å². The lowest BCUT2D eigenvalue weighted by molar-refractivity contribution is -0.529. The maximum atomic E-state index is 11.4. The van der Waals surface area contributed by atoms with E-state index in [0.29, 0.717) is 11.3 Å². The first kappa shape index (κ1) is 12.3. The number of carbonyl (C=O) groups excluding carboxylic acids is 1. The molecule has 0 aliphatic carbocycles. The molecule has 1 aliphatic heterocycles. The zero-order valence-electron chi connectivity index (χ0n) is 9.96. The summed E-state index contributed by atoms with van der Waals surface area (Å²) >= 11 is 0. The Kier molecular flexibility index (Phi) is 3.45. The van der Waals surface area contributed by atoms with Gasteiger partial charge in [0.05, 0.1) is 7.11 Å². The van der Waals surface area contributed by atoms with E-state index in [1.54, 1.807) is 24.3 Å². The van der Waals surface area contributed by atoms with Crippen LogP contribution in [0.2, 0.25) is 0 Å². The molecule has 1 N–H and O–H groups in total. The molecule has 1 saturated heterocycles. The second-order valence-corrected chi connectivity index (χ2v) is 4.21. The van der Waals surface area contributed by atoms with Crippen molar-refractivity contribution in [3.8, 4) is 5.75 Å². The third-order valence-corrected chi connectivity index (χ3v) is 3.09. The molecule has 6 nitrogen and oxygen atoms in total. The summed E-state index contributed by atoms with van der Waals surface area (Å²) in [6, 6.07) is 5.62. The number of benzene rings is 1. The number of hydrogen-bond donors (Lipinski definition) is 1. The molecule has 0 spiro atoms. The van der Waals surface area contributed by atoms with Gasteiger partial charge < -0.3 is 10.1 Å². The predicted molar refractivity (Wildman–Crippen MR) is 63.9 cm³/mol. The third kappa shape index (κ3) is 2.42. The first-order valence-electron chi connectivity index (χ1n) is 5.68. The average Bonchev–Trinajstić information content (AvgIpc) is 2.38. The molecule has 0 bridgehead atoms. The molecule has 0 saturated carbocycles. The maximum absolute atomic E-state index is 11.4. The van der Waals surface area contributed by atoms with Crippen LogP contribution in [-0.2, 0) is 4.79 Å². The molecule has 1 aromatic rings. The Balaban J connectivity index is 2.31. The number of hydrogen-bond acceptors (Lipinski definition) is 4. The Morgan fingerprint density at radius 1 is 1.50 bits per heavy atom. The minimum absolute atomic E-state index is 0.152. The number of nitro groups is 1. The Morgan fingerprint density at radius 3 is 2.94 bits per heavy atom. The molecule has 1 amide bonds. The van der Waals surface area contributed by atoms with Gasteiger partial charge in [-0.1, -0.05) is 12.1 Å². The second kappa shape index (κ2) is 5.03. The standard InChI is InChI=1S/C12H14N2O4/c1-18-9-4-2-3-8(7-9)12-10(14(16)17)5-6-11(15)13-12/h2-4,7,10,12H,5-6H2,1H3,(H,13,15)/t10-,12+/m1/s1. The van der Waals surface area contributed by atoms with Crippen molar-refractivity contribution in [1.29, 1.82) is 0 Å². The van der Waals surface area contributed by atoms with Crippen LogP contribution < -0.4 is 10.1 Å². The van der Waals surface area contributed by atoms with E-state index in [-0.39, 0.29) is 23.7 Å². The number of amides is 1. The van der Waals surface area contributed by atoms with Gasteiger partial charge in [0.1, 0.15) is 11.8 Å². The predicted octanol–water partition coefficient (Wildman–Crippen LogP) is 1.29. The SMILES string of the molecule is COc1cccc([C@@H]2NC(=O)CC[C@H]2[N+](=O)[O-])c1. The lowest BCUT2D eigenvalue weighted by Crippen LogP contribution is -2.45. The van der Waals surface area contributed by atoms with Gasteiger partial charge in [-0.25, -0.2) is 0 Å². The molecule has 0 unspecified atom stereocenters. The normalized spacial score (nSPS) is 23.3. The molecule has 0 aromatic heterocycles. The first-order valence-corrected chi connectivity index (χ1v) is 5.68. The van der Waals surface area contributed by atoms with Crippen LogP contribution in [0.1, 0.15) is 24.4 Å². The van der Waals surface area contributed by atoms with Crippen LogP contribution in [0.3, 0.4) is 0 Å². The van der Waals surface area contributed by atoms with Gasteiger partial charge in [-0.3, -0.25) is 14.9 Å². The van der Waals surface area contributed by atoms with Crippen LogP contribution in [0, 0.1) is 10.1 Å². The van der Waals surface area contributed by atoms with Crippen molar-refractivity contribution in [2.45, 2.75) is 24.9 Å². The molecule has 0 radical (unpaired) electrons. The van der Waals surface area contributed by atoms with Crippen molar-refractivity contribution in [3.63, 3.8) is 0 Å². The molecule has 6 heteroatoms. The lowest BCUT2D eigenvalue weighted by Gasteiger charge is -2.26. The molecule has 2 atom stereocenters. The zero-order valence-corrected chi connectivity index (χ0v) is 9.96. The largest absolute Gasteiger partial charge is 0.497 e. The van der Waals surface area contributed by atoms with Gasteiger partial charge in [0, 0.05) is 17.8 Å². The van der Waals surface area contributed by atoms with Crippen LogP contribution in [0.5, 0.6) is 5.75 Å². The fourth-order valence-corrected chi connectivity index (χ4v) is 2.16. The van der Waals surface area contributed by atoms with Crippen LogP contribution in [-0.4, -0.2) is 24.0 Å². The monoisotopic (exact) mass is 250 g/mol. The van der Waals surface area contributed by atoms with E-state index in [1.165, 1.54) is 7.11 Å². The van der Waals surface area contributed by atoms with Gasteiger partial charge in [0.2, 0.25) is 11.9 Å². The highest BCUT2D eigenvalue weighted by atomic mass is 16.6. The lowest BCUT2D eigenvalue weighted by atomic mass is 9.92. The Labute approximate surface area is 104 Å². The summed E-state index contributed by atoms with van der Waals surface area (Å²) in [6.45, 7) is 0. The van der Waals surface area contributed by atoms with Crippen molar-refractivity contribution >= 4 is 5.91 Å². The molecule has 96 valence electrons. The fourth-order valence-electron chi connectivity index (χ4n) is 2.16. The Bertz CT molecular complexity index is 475. The number of carbonyl (C=O) groups is 1. The minimum atomic E-state index is -0.783. The molecule has 1 heterocycles. The second-order valence-electron chi connectivity index (χ2n) is 4.21. The number of ether oxygens (including phenoxy) is 1. The van der Waals surface area contributed by atoms with Crippen molar-refractivity contribution in [2.75, 3.05) is 7.11 Å². The zero-order chi connectivity index (χ0) is 13.1. The van der Waals surface area contributed by atoms with Crippen LogP contribution >= 0.6 is 0 Å². The minimum Gasteiger partial charge on any atom is -0.497 e. The topological polar surface area (TPSA) is 81.5 Å². The van der Waals surface area contributed by atoms with Gasteiger partial charge in [-0.05, 0) is 17.7 Å². The summed E-state index contributed by atoms with van der Waals surface area (Å²) in [5, 5.41) is 13.7. The first-order chi connectivity index (χ1) is 8.61. The Morgan fingerprint density at radius 2 is 2.28 bits per heavy atom. The van der Waals surface area contributed by atoms with Crippen LogP contribution in [0.25, 0.3) is 0 Å². The molecule has 1 aromatic carbocycles. The van der Waals surface area contributed by atoms with Crippen molar-refractivity contribution in [2.24, 2.45) is 0 Å².